The Balaban J connectivity index is 2.15. The van der Waals surface area contributed by atoms with E-state index in [1.54, 1.807) is 24.0 Å². The Morgan fingerprint density at radius 1 is 1.32 bits per heavy atom. The van der Waals surface area contributed by atoms with Gasteiger partial charge in [-0.3, -0.25) is 9.55 Å². The van der Waals surface area contributed by atoms with Crippen LogP contribution >= 0.6 is 22.9 Å². The van der Waals surface area contributed by atoms with Crippen molar-refractivity contribution in [2.45, 2.75) is 0 Å². The van der Waals surface area contributed by atoms with E-state index in [1.807, 2.05) is 24.3 Å². The fourth-order valence-electron chi connectivity index (χ4n) is 1.84. The Hall–Kier alpha value is -1.85. The van der Waals surface area contributed by atoms with Gasteiger partial charge >= 0.3 is 0 Å². The zero-order valence-corrected chi connectivity index (χ0v) is 11.6. The van der Waals surface area contributed by atoms with Gasteiger partial charge in [0.05, 0.1) is 9.21 Å². The van der Waals surface area contributed by atoms with Gasteiger partial charge < -0.3 is 5.11 Å². The van der Waals surface area contributed by atoms with Crippen molar-refractivity contribution in [2.75, 3.05) is 0 Å². The van der Waals surface area contributed by atoms with Gasteiger partial charge in [-0.25, -0.2) is 4.98 Å². The minimum Gasteiger partial charge on any atom is -0.493 e. The standard InChI is InChI=1S/C13H10ClN3OS/c1-17-12(9-4-5-10(14)19-9)16-11(13(17)18)8-3-2-6-15-7-8/h2-7,18H,1H3. The first-order chi connectivity index (χ1) is 9.16. The SMILES string of the molecule is Cn1c(-c2ccc(Cl)s2)nc(-c2cccnc2)c1O. The van der Waals surface area contributed by atoms with E-state index in [0.717, 1.165) is 10.4 Å². The summed E-state index contributed by atoms with van der Waals surface area (Å²) in [4.78, 5) is 9.44. The molecule has 0 amide bonds. The van der Waals surface area contributed by atoms with E-state index in [0.29, 0.717) is 15.9 Å². The first kappa shape index (κ1) is 12.2. The van der Waals surface area contributed by atoms with Crippen molar-refractivity contribution in [1.82, 2.24) is 14.5 Å². The lowest BCUT2D eigenvalue weighted by molar-refractivity contribution is 0.435. The molecule has 0 radical (unpaired) electrons. The van der Waals surface area contributed by atoms with Crippen LogP contribution in [0.5, 0.6) is 5.88 Å². The molecule has 1 N–H and O–H groups in total. The fraction of sp³-hybridized carbons (Fsp3) is 0.0769. The Morgan fingerprint density at radius 3 is 2.79 bits per heavy atom. The average Bonchev–Trinajstić information content (AvgIpc) is 2.97. The second-order valence-electron chi connectivity index (χ2n) is 4.01. The van der Waals surface area contributed by atoms with Crippen molar-refractivity contribution < 1.29 is 5.11 Å². The molecular formula is C13H10ClN3OS. The molecule has 0 aliphatic carbocycles. The van der Waals surface area contributed by atoms with Crippen LogP contribution in [0, 0.1) is 0 Å². The van der Waals surface area contributed by atoms with Crippen molar-refractivity contribution in [1.29, 1.82) is 0 Å². The van der Waals surface area contributed by atoms with Crippen LogP contribution in [-0.2, 0) is 7.05 Å². The predicted molar refractivity (Wildman–Crippen MR) is 76.4 cm³/mol. The Labute approximate surface area is 119 Å². The Bertz CT molecular complexity index is 721. The smallest absolute Gasteiger partial charge is 0.219 e. The van der Waals surface area contributed by atoms with Crippen molar-refractivity contribution in [3.63, 3.8) is 0 Å². The first-order valence-corrected chi connectivity index (χ1v) is 6.78. The van der Waals surface area contributed by atoms with Crippen molar-refractivity contribution in [2.24, 2.45) is 7.05 Å². The highest BCUT2D eigenvalue weighted by Crippen LogP contribution is 2.36. The summed E-state index contributed by atoms with van der Waals surface area (Å²) in [6, 6.07) is 7.38. The van der Waals surface area contributed by atoms with Crippen LogP contribution in [0.3, 0.4) is 0 Å². The van der Waals surface area contributed by atoms with E-state index >= 15 is 0 Å². The number of nitrogens with zero attached hydrogens (tertiary/aromatic N) is 3. The van der Waals surface area contributed by atoms with Crippen molar-refractivity contribution >= 4 is 22.9 Å². The highest BCUT2D eigenvalue weighted by molar-refractivity contribution is 7.19. The van der Waals surface area contributed by atoms with Crippen LogP contribution in [0.1, 0.15) is 0 Å². The monoisotopic (exact) mass is 291 g/mol. The molecule has 3 aromatic rings. The first-order valence-electron chi connectivity index (χ1n) is 5.58. The van der Waals surface area contributed by atoms with Crippen LogP contribution in [-0.4, -0.2) is 19.6 Å². The summed E-state index contributed by atoms with van der Waals surface area (Å²) in [5, 5.41) is 10.2. The molecule has 0 fully saturated rings. The number of aromatic nitrogens is 3. The van der Waals surface area contributed by atoms with Crippen LogP contribution in [0.2, 0.25) is 4.34 Å². The molecule has 0 spiro atoms. The fourth-order valence-corrected chi connectivity index (χ4v) is 2.91. The summed E-state index contributed by atoms with van der Waals surface area (Å²) >= 11 is 7.36. The quantitative estimate of drug-likeness (QED) is 0.785. The van der Waals surface area contributed by atoms with Gasteiger partial charge in [-0.05, 0) is 24.3 Å². The summed E-state index contributed by atoms with van der Waals surface area (Å²) in [6.45, 7) is 0. The third-order valence-corrected chi connectivity index (χ3v) is 4.02. The molecule has 0 aliphatic heterocycles. The summed E-state index contributed by atoms with van der Waals surface area (Å²) in [7, 11) is 1.77. The van der Waals surface area contributed by atoms with E-state index in [2.05, 4.69) is 9.97 Å². The van der Waals surface area contributed by atoms with E-state index in [9.17, 15) is 5.11 Å². The van der Waals surface area contributed by atoms with Crippen LogP contribution in [0.4, 0.5) is 0 Å². The van der Waals surface area contributed by atoms with E-state index in [1.165, 1.54) is 11.3 Å². The van der Waals surface area contributed by atoms with Gasteiger partial charge in [-0.2, -0.15) is 0 Å². The van der Waals surface area contributed by atoms with Crippen LogP contribution < -0.4 is 0 Å². The van der Waals surface area contributed by atoms with E-state index < -0.39 is 0 Å². The summed E-state index contributed by atoms with van der Waals surface area (Å²) in [6.07, 6.45) is 3.36. The number of hydrogen-bond acceptors (Lipinski definition) is 4. The number of hydrogen-bond donors (Lipinski definition) is 1. The van der Waals surface area contributed by atoms with E-state index in [-0.39, 0.29) is 5.88 Å². The number of rotatable bonds is 2. The lowest BCUT2D eigenvalue weighted by atomic mass is 10.2. The maximum atomic E-state index is 10.2. The second kappa shape index (κ2) is 4.68. The van der Waals surface area contributed by atoms with Gasteiger partial charge in [0.25, 0.3) is 0 Å². The highest BCUT2D eigenvalue weighted by atomic mass is 35.5. The molecule has 0 atom stereocenters. The summed E-state index contributed by atoms with van der Waals surface area (Å²) in [5.41, 5.74) is 1.31. The predicted octanol–water partition coefficient (Wildman–Crippen LogP) is 3.57. The van der Waals surface area contributed by atoms with Crippen molar-refractivity contribution in [3.8, 4) is 27.8 Å². The van der Waals surface area contributed by atoms with Crippen LogP contribution in [0.15, 0.2) is 36.7 Å². The average molecular weight is 292 g/mol. The third kappa shape index (κ3) is 2.11. The maximum absolute atomic E-state index is 10.2. The van der Waals surface area contributed by atoms with Crippen LogP contribution in [0.25, 0.3) is 22.0 Å². The molecule has 0 saturated carbocycles. The molecule has 6 heteroatoms. The number of halogens is 1. The number of thiophene rings is 1. The summed E-state index contributed by atoms with van der Waals surface area (Å²) in [5.74, 6) is 0.806. The van der Waals surface area contributed by atoms with Gasteiger partial charge in [0, 0.05) is 25.0 Å². The van der Waals surface area contributed by atoms with Gasteiger partial charge in [0.1, 0.15) is 5.69 Å². The number of imidazole rings is 1. The largest absolute Gasteiger partial charge is 0.493 e. The molecule has 0 unspecified atom stereocenters. The third-order valence-electron chi connectivity index (χ3n) is 2.79. The molecule has 3 heterocycles. The van der Waals surface area contributed by atoms with Gasteiger partial charge in [0.2, 0.25) is 5.88 Å². The minimum absolute atomic E-state index is 0.118. The zero-order valence-electron chi connectivity index (χ0n) is 10.0. The molecule has 0 saturated heterocycles. The maximum Gasteiger partial charge on any atom is 0.219 e. The minimum atomic E-state index is 0.118. The molecule has 4 nitrogen and oxygen atoms in total. The number of aromatic hydroxyl groups is 1. The molecule has 0 aliphatic rings. The zero-order chi connectivity index (χ0) is 13.4. The molecular weight excluding hydrogens is 282 g/mol. The number of pyridine rings is 1. The molecule has 3 rings (SSSR count). The topological polar surface area (TPSA) is 50.9 Å². The van der Waals surface area contributed by atoms with Gasteiger partial charge in [0.15, 0.2) is 5.82 Å². The highest BCUT2D eigenvalue weighted by Gasteiger charge is 2.17. The van der Waals surface area contributed by atoms with Gasteiger partial charge in [-0.1, -0.05) is 11.6 Å². The van der Waals surface area contributed by atoms with Crippen molar-refractivity contribution in [3.05, 3.63) is 41.0 Å². The summed E-state index contributed by atoms with van der Waals surface area (Å²) < 4.78 is 2.34. The van der Waals surface area contributed by atoms with E-state index in [4.69, 9.17) is 11.6 Å². The molecule has 96 valence electrons. The molecule has 0 bridgehead atoms. The Morgan fingerprint density at radius 2 is 2.16 bits per heavy atom. The van der Waals surface area contributed by atoms with Gasteiger partial charge in [-0.15, -0.1) is 11.3 Å². The second-order valence-corrected chi connectivity index (χ2v) is 5.73. The molecule has 19 heavy (non-hydrogen) atoms. The lowest BCUT2D eigenvalue weighted by Crippen LogP contribution is -1.89. The molecule has 3 aromatic heterocycles. The molecule has 0 aromatic carbocycles. The lowest BCUT2D eigenvalue weighted by Gasteiger charge is -1.98. The Kier molecular flexibility index (Phi) is 3.00. The normalized spacial score (nSPS) is 10.8.